The topological polar surface area (TPSA) is 46.8 Å². The van der Waals surface area contributed by atoms with Crippen molar-refractivity contribution in [3.8, 4) is 0 Å². The maximum absolute atomic E-state index is 12.1. The molecule has 1 saturated heterocycles. The van der Waals surface area contributed by atoms with Gasteiger partial charge in [0, 0.05) is 31.9 Å². The SMILES string of the molecule is C[C@@H]1CN(Cc2cc(=O)n3cc(Cl)ccc3n2)C[C@@H](C)O1. The zero-order chi connectivity index (χ0) is 15.0. The summed E-state index contributed by atoms with van der Waals surface area (Å²) >= 11 is 5.91. The summed E-state index contributed by atoms with van der Waals surface area (Å²) in [5, 5.41) is 0.523. The van der Waals surface area contributed by atoms with Gasteiger partial charge in [0.1, 0.15) is 5.65 Å². The first-order valence-electron chi connectivity index (χ1n) is 7.07. The Bertz CT molecular complexity index is 706. The van der Waals surface area contributed by atoms with Gasteiger partial charge in [-0.2, -0.15) is 0 Å². The van der Waals surface area contributed by atoms with Crippen LogP contribution in [0.25, 0.3) is 5.65 Å². The molecule has 0 saturated carbocycles. The quantitative estimate of drug-likeness (QED) is 0.851. The number of nitrogens with zero attached hydrogens (tertiary/aromatic N) is 3. The fraction of sp³-hybridized carbons (Fsp3) is 0.467. The van der Waals surface area contributed by atoms with Gasteiger partial charge in [-0.3, -0.25) is 14.1 Å². The highest BCUT2D eigenvalue weighted by Crippen LogP contribution is 2.14. The fourth-order valence-corrected chi connectivity index (χ4v) is 3.01. The van der Waals surface area contributed by atoms with Gasteiger partial charge in [-0.15, -0.1) is 0 Å². The second-order valence-corrected chi connectivity index (χ2v) is 6.05. The molecule has 3 rings (SSSR count). The number of morpholine rings is 1. The Hall–Kier alpha value is -1.43. The molecule has 0 radical (unpaired) electrons. The summed E-state index contributed by atoms with van der Waals surface area (Å²) in [5.74, 6) is 0. The van der Waals surface area contributed by atoms with E-state index in [9.17, 15) is 4.79 Å². The molecular weight excluding hydrogens is 290 g/mol. The minimum absolute atomic E-state index is 0.105. The van der Waals surface area contributed by atoms with Crippen LogP contribution in [0.1, 0.15) is 19.5 Å². The lowest BCUT2D eigenvalue weighted by Gasteiger charge is -2.35. The molecule has 1 aliphatic heterocycles. The Kier molecular flexibility index (Phi) is 3.97. The summed E-state index contributed by atoms with van der Waals surface area (Å²) in [4.78, 5) is 19.0. The van der Waals surface area contributed by atoms with E-state index in [0.717, 1.165) is 18.8 Å². The molecule has 112 valence electrons. The zero-order valence-corrected chi connectivity index (χ0v) is 12.9. The number of aromatic nitrogens is 2. The van der Waals surface area contributed by atoms with Crippen LogP contribution >= 0.6 is 11.6 Å². The van der Waals surface area contributed by atoms with Gasteiger partial charge in [0.25, 0.3) is 5.56 Å². The molecule has 0 amide bonds. The van der Waals surface area contributed by atoms with Crippen molar-refractivity contribution >= 4 is 17.2 Å². The molecule has 1 aliphatic rings. The highest BCUT2D eigenvalue weighted by atomic mass is 35.5. The first kappa shape index (κ1) is 14.5. The zero-order valence-electron chi connectivity index (χ0n) is 12.1. The summed E-state index contributed by atoms with van der Waals surface area (Å²) in [6.07, 6.45) is 2.00. The standard InChI is InChI=1S/C15H18ClN3O2/c1-10-6-18(7-11(2)21-10)9-13-5-15(20)19-8-12(16)3-4-14(19)17-13/h3-5,8,10-11H,6-7,9H2,1-2H3/t10-,11-/m1/s1. The summed E-state index contributed by atoms with van der Waals surface area (Å²) in [5.41, 5.74) is 1.30. The van der Waals surface area contributed by atoms with E-state index in [1.54, 1.807) is 24.4 Å². The van der Waals surface area contributed by atoms with Crippen LogP contribution in [0.5, 0.6) is 0 Å². The van der Waals surface area contributed by atoms with Gasteiger partial charge in [0.2, 0.25) is 0 Å². The van der Waals surface area contributed by atoms with E-state index in [4.69, 9.17) is 16.3 Å². The van der Waals surface area contributed by atoms with Crippen molar-refractivity contribution in [2.24, 2.45) is 0 Å². The van der Waals surface area contributed by atoms with Crippen LogP contribution in [0, 0.1) is 0 Å². The van der Waals surface area contributed by atoms with Crippen LogP contribution in [0.2, 0.25) is 5.02 Å². The lowest BCUT2D eigenvalue weighted by molar-refractivity contribution is -0.0707. The van der Waals surface area contributed by atoms with E-state index in [1.165, 1.54) is 4.40 Å². The van der Waals surface area contributed by atoms with E-state index in [2.05, 4.69) is 23.7 Å². The Morgan fingerprint density at radius 3 is 2.76 bits per heavy atom. The molecule has 6 heteroatoms. The summed E-state index contributed by atoms with van der Waals surface area (Å²) in [6.45, 7) is 6.49. The van der Waals surface area contributed by atoms with Crippen molar-refractivity contribution in [1.82, 2.24) is 14.3 Å². The molecule has 2 aromatic rings. The van der Waals surface area contributed by atoms with Gasteiger partial charge in [-0.25, -0.2) is 4.98 Å². The van der Waals surface area contributed by atoms with Gasteiger partial charge in [0.15, 0.2) is 0 Å². The molecule has 0 N–H and O–H groups in total. The predicted octanol–water partition coefficient (Wildman–Crippen LogP) is 1.96. The third kappa shape index (κ3) is 3.26. The normalized spacial score (nSPS) is 23.6. The number of ether oxygens (including phenoxy) is 1. The van der Waals surface area contributed by atoms with Crippen molar-refractivity contribution < 1.29 is 4.74 Å². The Balaban J connectivity index is 1.87. The summed E-state index contributed by atoms with van der Waals surface area (Å²) < 4.78 is 7.19. The van der Waals surface area contributed by atoms with Crippen molar-refractivity contribution in [2.45, 2.75) is 32.6 Å². The monoisotopic (exact) mass is 307 g/mol. The minimum atomic E-state index is -0.105. The molecule has 5 nitrogen and oxygen atoms in total. The lowest BCUT2D eigenvalue weighted by atomic mass is 10.2. The van der Waals surface area contributed by atoms with Gasteiger partial charge in [-0.05, 0) is 26.0 Å². The Morgan fingerprint density at radius 2 is 2.05 bits per heavy atom. The first-order chi connectivity index (χ1) is 10.0. The molecule has 0 spiro atoms. The molecular formula is C15H18ClN3O2. The maximum atomic E-state index is 12.1. The third-order valence-electron chi connectivity index (χ3n) is 3.56. The van der Waals surface area contributed by atoms with E-state index in [1.807, 2.05) is 0 Å². The number of halogens is 1. The number of pyridine rings is 1. The Labute approximate surface area is 128 Å². The molecule has 3 heterocycles. The summed E-state index contributed by atoms with van der Waals surface area (Å²) in [6, 6.07) is 5.08. The largest absolute Gasteiger partial charge is 0.373 e. The van der Waals surface area contributed by atoms with Crippen molar-refractivity contribution in [1.29, 1.82) is 0 Å². The molecule has 21 heavy (non-hydrogen) atoms. The van der Waals surface area contributed by atoms with Gasteiger partial charge in [-0.1, -0.05) is 11.6 Å². The van der Waals surface area contributed by atoms with Crippen LogP contribution < -0.4 is 5.56 Å². The molecule has 0 aliphatic carbocycles. The number of rotatable bonds is 2. The van der Waals surface area contributed by atoms with E-state index < -0.39 is 0 Å². The summed E-state index contributed by atoms with van der Waals surface area (Å²) in [7, 11) is 0. The smallest absolute Gasteiger partial charge is 0.258 e. The van der Waals surface area contributed by atoms with Crippen LogP contribution in [0.15, 0.2) is 29.2 Å². The first-order valence-corrected chi connectivity index (χ1v) is 7.45. The molecule has 0 bridgehead atoms. The third-order valence-corrected chi connectivity index (χ3v) is 3.78. The molecule has 1 fully saturated rings. The number of hydrogen-bond acceptors (Lipinski definition) is 4. The van der Waals surface area contributed by atoms with Crippen LogP contribution in [0.4, 0.5) is 0 Å². The molecule has 2 atom stereocenters. The lowest BCUT2D eigenvalue weighted by Crippen LogP contribution is -2.45. The van der Waals surface area contributed by atoms with E-state index >= 15 is 0 Å². The highest BCUT2D eigenvalue weighted by molar-refractivity contribution is 6.30. The average Bonchev–Trinajstić information content (AvgIpc) is 2.38. The van der Waals surface area contributed by atoms with Gasteiger partial charge < -0.3 is 4.74 Å². The van der Waals surface area contributed by atoms with E-state index in [-0.39, 0.29) is 17.8 Å². The second-order valence-electron chi connectivity index (χ2n) is 5.61. The molecule has 0 unspecified atom stereocenters. The van der Waals surface area contributed by atoms with Crippen molar-refractivity contribution in [2.75, 3.05) is 13.1 Å². The second kappa shape index (κ2) is 5.75. The molecule has 0 aromatic carbocycles. The average molecular weight is 308 g/mol. The van der Waals surface area contributed by atoms with E-state index in [0.29, 0.717) is 17.2 Å². The van der Waals surface area contributed by atoms with Crippen LogP contribution in [-0.4, -0.2) is 39.6 Å². The minimum Gasteiger partial charge on any atom is -0.373 e. The highest BCUT2D eigenvalue weighted by Gasteiger charge is 2.22. The van der Waals surface area contributed by atoms with Crippen LogP contribution in [-0.2, 0) is 11.3 Å². The maximum Gasteiger partial charge on any atom is 0.258 e. The Morgan fingerprint density at radius 1 is 1.33 bits per heavy atom. The number of hydrogen-bond donors (Lipinski definition) is 0. The fourth-order valence-electron chi connectivity index (χ4n) is 2.85. The van der Waals surface area contributed by atoms with Crippen molar-refractivity contribution in [3.05, 3.63) is 45.5 Å². The van der Waals surface area contributed by atoms with Crippen LogP contribution in [0.3, 0.4) is 0 Å². The number of fused-ring (bicyclic) bond motifs is 1. The van der Waals surface area contributed by atoms with Crippen molar-refractivity contribution in [3.63, 3.8) is 0 Å². The van der Waals surface area contributed by atoms with Gasteiger partial charge >= 0.3 is 0 Å². The van der Waals surface area contributed by atoms with Gasteiger partial charge in [0.05, 0.1) is 22.9 Å². The molecule has 2 aromatic heterocycles. The predicted molar refractivity (Wildman–Crippen MR) is 81.8 cm³/mol.